The second-order valence-electron chi connectivity index (χ2n) is 6.10. The number of epoxide rings is 1. The van der Waals surface area contributed by atoms with Crippen LogP contribution in [0.4, 0.5) is 4.39 Å². The molecule has 4 rings (SSSR count). The van der Waals surface area contributed by atoms with Crippen LogP contribution < -0.4 is 0 Å². The third-order valence-corrected chi connectivity index (χ3v) is 4.42. The Morgan fingerprint density at radius 2 is 1.79 bits per heavy atom. The lowest BCUT2D eigenvalue weighted by Gasteiger charge is -2.14. The summed E-state index contributed by atoms with van der Waals surface area (Å²) in [4.78, 5) is 17.5. The van der Waals surface area contributed by atoms with Crippen molar-refractivity contribution in [2.75, 3.05) is 0 Å². The van der Waals surface area contributed by atoms with E-state index < -0.39 is 6.10 Å². The Labute approximate surface area is 139 Å². The number of rotatable bonds is 3. The second-order valence-corrected chi connectivity index (χ2v) is 6.10. The number of hydrogen-bond acceptors (Lipinski definition) is 3. The van der Waals surface area contributed by atoms with Crippen molar-refractivity contribution in [2.45, 2.75) is 26.1 Å². The lowest BCUT2D eigenvalue weighted by Crippen LogP contribution is -2.14. The molecule has 1 aliphatic heterocycles. The van der Waals surface area contributed by atoms with Gasteiger partial charge in [0.05, 0.1) is 17.2 Å². The van der Waals surface area contributed by atoms with Crippen molar-refractivity contribution in [3.63, 3.8) is 0 Å². The highest BCUT2D eigenvalue weighted by atomic mass is 19.1. The van der Waals surface area contributed by atoms with Gasteiger partial charge in [0.2, 0.25) is 0 Å². The molecule has 0 amide bonds. The van der Waals surface area contributed by atoms with Crippen molar-refractivity contribution in [1.82, 2.24) is 4.98 Å². The highest BCUT2D eigenvalue weighted by Gasteiger charge is 2.43. The van der Waals surface area contributed by atoms with Crippen LogP contribution >= 0.6 is 0 Å². The Balaban J connectivity index is 2.03. The number of ketones is 1. The van der Waals surface area contributed by atoms with Crippen molar-refractivity contribution in [1.29, 1.82) is 0 Å². The Morgan fingerprint density at radius 3 is 2.46 bits per heavy atom. The summed E-state index contributed by atoms with van der Waals surface area (Å²) < 4.78 is 18.7. The molecular formula is C20H16FNO2. The molecule has 0 spiro atoms. The standard InChI is InChI=1S/C20H16FNO2/c1-11-17(19(23)20-12(2)24-20)18(13-7-9-14(21)10-8-13)15-5-3-4-6-16(15)22-11/h3-10,12,20H,1-2H3/t12-,20+/m0/s1. The Hall–Kier alpha value is -2.59. The van der Waals surface area contributed by atoms with Gasteiger partial charge in [0.25, 0.3) is 0 Å². The van der Waals surface area contributed by atoms with E-state index in [4.69, 9.17) is 4.74 Å². The topological polar surface area (TPSA) is 42.5 Å². The predicted octanol–water partition coefficient (Wildman–Crippen LogP) is 4.32. The summed E-state index contributed by atoms with van der Waals surface area (Å²) in [6.45, 7) is 3.71. The molecule has 1 fully saturated rings. The largest absolute Gasteiger partial charge is 0.361 e. The molecule has 0 saturated carbocycles. The van der Waals surface area contributed by atoms with Crippen LogP contribution in [0.15, 0.2) is 48.5 Å². The molecule has 0 radical (unpaired) electrons. The molecule has 2 atom stereocenters. The summed E-state index contributed by atoms with van der Waals surface area (Å²) in [6, 6.07) is 13.9. The van der Waals surface area contributed by atoms with Crippen LogP contribution in [0.2, 0.25) is 0 Å². The third-order valence-electron chi connectivity index (χ3n) is 4.42. The normalized spacial score (nSPS) is 19.5. The first kappa shape index (κ1) is 15.0. The van der Waals surface area contributed by atoms with Crippen LogP contribution in [0.25, 0.3) is 22.0 Å². The van der Waals surface area contributed by atoms with Crippen molar-refractivity contribution in [3.8, 4) is 11.1 Å². The van der Waals surface area contributed by atoms with Gasteiger partial charge >= 0.3 is 0 Å². The van der Waals surface area contributed by atoms with Crippen molar-refractivity contribution < 1.29 is 13.9 Å². The zero-order valence-corrected chi connectivity index (χ0v) is 13.4. The Morgan fingerprint density at radius 1 is 1.12 bits per heavy atom. The van der Waals surface area contributed by atoms with E-state index >= 15 is 0 Å². The fraction of sp³-hybridized carbons (Fsp3) is 0.200. The van der Waals surface area contributed by atoms with Crippen molar-refractivity contribution in [2.24, 2.45) is 0 Å². The maximum absolute atomic E-state index is 13.3. The molecule has 1 saturated heterocycles. The number of aryl methyl sites for hydroxylation is 1. The van der Waals surface area contributed by atoms with Gasteiger partial charge in [-0.3, -0.25) is 9.78 Å². The SMILES string of the molecule is Cc1nc2ccccc2c(-c2ccc(F)cc2)c1C(=O)[C@@H]1O[C@H]1C. The maximum Gasteiger partial charge on any atom is 0.196 e. The summed E-state index contributed by atoms with van der Waals surface area (Å²) in [5.41, 5.74) is 3.64. The number of carbonyl (C=O) groups excluding carboxylic acids is 1. The van der Waals surface area contributed by atoms with E-state index in [0.717, 1.165) is 22.0 Å². The van der Waals surface area contributed by atoms with Crippen LogP contribution in [0, 0.1) is 12.7 Å². The number of ether oxygens (including phenoxy) is 1. The van der Waals surface area contributed by atoms with Gasteiger partial charge in [0.15, 0.2) is 5.78 Å². The number of carbonyl (C=O) groups is 1. The number of aromatic nitrogens is 1. The molecular weight excluding hydrogens is 305 g/mol. The fourth-order valence-electron chi connectivity index (χ4n) is 3.16. The second kappa shape index (κ2) is 5.49. The van der Waals surface area contributed by atoms with Crippen LogP contribution in [-0.4, -0.2) is 23.0 Å². The number of para-hydroxylation sites is 1. The zero-order chi connectivity index (χ0) is 16.8. The maximum atomic E-state index is 13.3. The quantitative estimate of drug-likeness (QED) is 0.533. The molecule has 120 valence electrons. The van der Waals surface area contributed by atoms with E-state index in [1.807, 2.05) is 38.1 Å². The minimum atomic E-state index is -0.411. The first-order valence-electron chi connectivity index (χ1n) is 7.91. The number of hydrogen-bond donors (Lipinski definition) is 0. The molecule has 3 nitrogen and oxygen atoms in total. The van der Waals surface area contributed by atoms with Crippen LogP contribution in [0.3, 0.4) is 0 Å². The number of Topliss-reactive ketones (excluding diaryl/α,β-unsaturated/α-hetero) is 1. The first-order valence-corrected chi connectivity index (χ1v) is 7.91. The zero-order valence-electron chi connectivity index (χ0n) is 13.4. The minimum absolute atomic E-state index is 0.0578. The lowest BCUT2D eigenvalue weighted by molar-refractivity contribution is 0.0953. The summed E-state index contributed by atoms with van der Waals surface area (Å²) in [5, 5.41) is 0.881. The molecule has 0 unspecified atom stereocenters. The van der Waals surface area contributed by atoms with Crippen molar-refractivity contribution in [3.05, 3.63) is 65.6 Å². The average molecular weight is 321 g/mol. The number of fused-ring (bicyclic) bond motifs is 1. The monoisotopic (exact) mass is 321 g/mol. The van der Waals surface area contributed by atoms with Gasteiger partial charge in [-0.05, 0) is 37.6 Å². The van der Waals surface area contributed by atoms with E-state index in [-0.39, 0.29) is 17.7 Å². The van der Waals surface area contributed by atoms with E-state index in [2.05, 4.69) is 4.98 Å². The lowest BCUT2D eigenvalue weighted by atomic mass is 9.91. The Bertz CT molecular complexity index is 950. The highest BCUT2D eigenvalue weighted by molar-refractivity contribution is 6.13. The molecule has 4 heteroatoms. The van der Waals surface area contributed by atoms with Gasteiger partial charge in [-0.1, -0.05) is 30.3 Å². The molecule has 24 heavy (non-hydrogen) atoms. The van der Waals surface area contributed by atoms with Crippen LogP contribution in [-0.2, 0) is 4.74 Å². The van der Waals surface area contributed by atoms with E-state index in [1.54, 1.807) is 12.1 Å². The number of benzene rings is 2. The smallest absolute Gasteiger partial charge is 0.196 e. The van der Waals surface area contributed by atoms with E-state index in [1.165, 1.54) is 12.1 Å². The molecule has 2 aromatic carbocycles. The van der Waals surface area contributed by atoms with Crippen LogP contribution in [0.5, 0.6) is 0 Å². The highest BCUT2D eigenvalue weighted by Crippen LogP contribution is 2.36. The van der Waals surface area contributed by atoms with Gasteiger partial charge in [-0.15, -0.1) is 0 Å². The molecule has 1 aromatic heterocycles. The summed E-state index contributed by atoms with van der Waals surface area (Å²) in [6.07, 6.45) is -0.477. The number of halogens is 1. The summed E-state index contributed by atoms with van der Waals surface area (Å²) in [7, 11) is 0. The van der Waals surface area contributed by atoms with E-state index in [9.17, 15) is 9.18 Å². The Kier molecular flexibility index (Phi) is 3.43. The molecule has 0 bridgehead atoms. The van der Waals surface area contributed by atoms with E-state index in [0.29, 0.717) is 11.3 Å². The number of nitrogens with zero attached hydrogens (tertiary/aromatic N) is 1. The molecule has 0 N–H and O–H groups in total. The molecule has 3 aromatic rings. The summed E-state index contributed by atoms with van der Waals surface area (Å²) in [5.74, 6) is -0.363. The van der Waals surface area contributed by atoms with Gasteiger partial charge in [0, 0.05) is 16.6 Å². The third kappa shape index (κ3) is 2.39. The number of pyridine rings is 1. The van der Waals surface area contributed by atoms with Gasteiger partial charge in [-0.2, -0.15) is 0 Å². The fourth-order valence-corrected chi connectivity index (χ4v) is 3.16. The summed E-state index contributed by atoms with van der Waals surface area (Å²) >= 11 is 0. The van der Waals surface area contributed by atoms with Crippen LogP contribution in [0.1, 0.15) is 23.0 Å². The van der Waals surface area contributed by atoms with Gasteiger partial charge in [-0.25, -0.2) is 4.39 Å². The first-order chi connectivity index (χ1) is 11.6. The average Bonchev–Trinajstić information content (AvgIpc) is 3.31. The van der Waals surface area contributed by atoms with Gasteiger partial charge < -0.3 is 4.74 Å². The molecule has 0 aliphatic carbocycles. The minimum Gasteiger partial charge on any atom is -0.361 e. The molecule has 1 aliphatic rings. The van der Waals surface area contributed by atoms with Crippen molar-refractivity contribution >= 4 is 16.7 Å². The predicted molar refractivity (Wildman–Crippen MR) is 90.5 cm³/mol. The molecule has 2 heterocycles. The van der Waals surface area contributed by atoms with Gasteiger partial charge in [0.1, 0.15) is 11.9 Å².